The molecule has 0 radical (unpaired) electrons. The molecule has 5 saturated heterocycles. The van der Waals surface area contributed by atoms with Crippen molar-refractivity contribution < 1.29 is 64.2 Å². The quantitative estimate of drug-likeness (QED) is 0.0453. The lowest BCUT2D eigenvalue weighted by Gasteiger charge is -2.32. The average molecular weight is 1640 g/mol. The van der Waals surface area contributed by atoms with Crippen molar-refractivity contribution in [1.82, 2.24) is 50.2 Å². The number of carbonyl (C=O) groups is 2. The molecule has 4 N–H and O–H groups in total. The molecule has 3 aliphatic carbocycles. The number of benzene rings is 4. The lowest BCUT2D eigenvalue weighted by atomic mass is 9.76. The number of alkyl halides is 6. The first kappa shape index (κ1) is 83.3. The first-order valence-electron chi connectivity index (χ1n) is 36.6. The van der Waals surface area contributed by atoms with Gasteiger partial charge in [0.2, 0.25) is 15.9 Å². The van der Waals surface area contributed by atoms with E-state index in [4.69, 9.17) is 84.6 Å². The molecule has 113 heavy (non-hydrogen) atoms. The zero-order valence-electron chi connectivity index (χ0n) is 62.7. The molecule has 0 unspecified atom stereocenters. The van der Waals surface area contributed by atoms with Crippen LogP contribution in [0.4, 0.5) is 55.2 Å². The number of morpholine rings is 4. The number of fused-ring (bicyclic) bond motifs is 4. The second-order valence-corrected chi connectivity index (χ2v) is 29.2. The number of allylic oxidation sites excluding steroid dienone is 3. The highest BCUT2D eigenvalue weighted by Crippen LogP contribution is 2.39. The van der Waals surface area contributed by atoms with Gasteiger partial charge in [0, 0.05) is 103 Å². The summed E-state index contributed by atoms with van der Waals surface area (Å²) in [5.74, 6) is 1.95. The third-order valence-corrected chi connectivity index (χ3v) is 20.4. The molecule has 5 aliphatic heterocycles. The summed E-state index contributed by atoms with van der Waals surface area (Å²) in [6.45, 7) is 24.6. The van der Waals surface area contributed by atoms with Crippen LogP contribution in [0.1, 0.15) is 104 Å². The van der Waals surface area contributed by atoms with Crippen molar-refractivity contribution in [2.75, 3.05) is 131 Å². The Bertz CT molecular complexity index is 4890. The maximum Gasteiger partial charge on any atom is 0.495 e. The van der Waals surface area contributed by atoms with Crippen molar-refractivity contribution in [1.29, 1.82) is 0 Å². The smallest absolute Gasteiger partial charge is 0.399 e. The second-order valence-electron chi connectivity index (χ2n) is 27.9. The number of nitrogens with one attached hydrogen (secondary N) is 4. The number of halogens is 10. The van der Waals surface area contributed by atoms with E-state index in [0.717, 1.165) is 190 Å². The summed E-state index contributed by atoms with van der Waals surface area (Å²) in [5.41, 5.74) is 8.93. The minimum atomic E-state index is -4.53. The Hall–Kier alpha value is -9.18. The van der Waals surface area contributed by atoms with Crippen LogP contribution >= 0.6 is 46.4 Å². The van der Waals surface area contributed by atoms with E-state index in [9.17, 15) is 35.9 Å². The summed E-state index contributed by atoms with van der Waals surface area (Å²) in [6, 6.07) is 21.0. The van der Waals surface area contributed by atoms with Crippen LogP contribution in [0.3, 0.4) is 0 Å². The maximum absolute atomic E-state index is 13.0. The highest BCUT2D eigenvalue weighted by atomic mass is 35.5. The molecule has 17 rings (SSSR count). The van der Waals surface area contributed by atoms with Crippen LogP contribution in [0.2, 0.25) is 21.0 Å². The lowest BCUT2D eigenvalue weighted by molar-refractivity contribution is -0.138. The summed E-state index contributed by atoms with van der Waals surface area (Å²) in [4.78, 5) is 69.5. The van der Waals surface area contributed by atoms with Crippen LogP contribution < -0.4 is 36.1 Å². The number of amides is 2. The number of anilines is 5. The topological polar surface area (TPSA) is 254 Å². The first-order chi connectivity index (χ1) is 54.0. The van der Waals surface area contributed by atoms with E-state index in [2.05, 4.69) is 77.7 Å². The van der Waals surface area contributed by atoms with Crippen molar-refractivity contribution in [3.8, 4) is 11.4 Å². The van der Waals surface area contributed by atoms with Crippen LogP contribution in [0.15, 0.2) is 115 Å². The molecule has 0 atom stereocenters. The van der Waals surface area contributed by atoms with E-state index in [1.807, 2.05) is 90.2 Å². The van der Waals surface area contributed by atoms with Gasteiger partial charge in [-0.3, -0.25) is 9.59 Å². The third-order valence-electron chi connectivity index (χ3n) is 19.6. The van der Waals surface area contributed by atoms with Crippen molar-refractivity contribution in [2.24, 2.45) is 0 Å². The Morgan fingerprint density at radius 2 is 0.929 bits per heavy atom. The Balaban J connectivity index is 0.000000135. The van der Waals surface area contributed by atoms with Gasteiger partial charge in [-0.05, 0) is 192 Å². The Morgan fingerprint density at radius 1 is 0.496 bits per heavy atom. The first-order valence-corrected chi connectivity index (χ1v) is 38.1. The summed E-state index contributed by atoms with van der Waals surface area (Å²) >= 11 is 23.3. The van der Waals surface area contributed by atoms with E-state index in [1.165, 1.54) is 35.4 Å². The summed E-state index contributed by atoms with van der Waals surface area (Å²) in [6.07, 6.45) is 7.48. The minimum Gasteiger partial charge on any atom is -0.399 e. The minimum absolute atomic E-state index is 0.0717. The highest BCUT2D eigenvalue weighted by molar-refractivity contribution is 6.62. The molecule has 5 fully saturated rings. The monoisotopic (exact) mass is 1630 g/mol. The van der Waals surface area contributed by atoms with Gasteiger partial charge in [0.15, 0.2) is 11.6 Å². The van der Waals surface area contributed by atoms with Gasteiger partial charge in [-0.1, -0.05) is 59.7 Å². The number of hydrogen-bond donors (Lipinski definition) is 4. The van der Waals surface area contributed by atoms with E-state index < -0.39 is 53.6 Å². The van der Waals surface area contributed by atoms with Crippen LogP contribution in [0, 0.1) is 13.8 Å². The second kappa shape index (κ2) is 37.0. The fraction of sp³-hybridized carbons (Fsp3) is 0.367. The number of H-pyrrole nitrogens is 1. The zero-order chi connectivity index (χ0) is 80.2. The predicted octanol–water partition coefficient (Wildman–Crippen LogP) is 14.6. The molecule has 5 aromatic heterocycles. The maximum atomic E-state index is 13.0. The Kier molecular flexibility index (Phi) is 27.2. The number of aromatic nitrogens is 9. The summed E-state index contributed by atoms with van der Waals surface area (Å²) in [7, 11) is -0.606. The fourth-order valence-corrected chi connectivity index (χ4v) is 13.6. The molecular formula is C79H82BCl4F6N15O8. The van der Waals surface area contributed by atoms with Crippen molar-refractivity contribution in [2.45, 2.75) is 84.4 Å². The number of rotatable bonds is 9. The van der Waals surface area contributed by atoms with E-state index in [1.54, 1.807) is 24.3 Å². The number of nitrogens with zero attached hydrogens (tertiary/aromatic N) is 11. The number of aromatic amines is 1. The molecular weight excluding hydrogens is 1550 g/mol. The van der Waals surface area contributed by atoms with E-state index >= 15 is 0 Å². The zero-order valence-corrected chi connectivity index (χ0v) is 65.7. The molecule has 0 spiro atoms. The van der Waals surface area contributed by atoms with Gasteiger partial charge in [0.25, 0.3) is 11.8 Å². The van der Waals surface area contributed by atoms with Crippen LogP contribution in [0.25, 0.3) is 40.6 Å². The van der Waals surface area contributed by atoms with Crippen LogP contribution in [-0.2, 0) is 59.9 Å². The number of ether oxygens (including phenoxy) is 4. The van der Waals surface area contributed by atoms with Gasteiger partial charge < -0.3 is 63.9 Å². The van der Waals surface area contributed by atoms with Gasteiger partial charge in [-0.25, -0.2) is 39.9 Å². The molecule has 2 amide bonds. The molecule has 9 aromatic rings. The average Bonchev–Trinajstić information content (AvgIpc) is 1.64. The standard InChI is InChI=1S/C25H22F3N5O2.C21H23BF3NO3.2C11H12ClN3O.C7H4Cl2N2.C4H9NO/c1-15-5-6-18(30-24(34)16-3-2-4-17(13-16)25(26,27)28)14-19(15)22-31-20-7-8-29-21(20)23(32-22)33-9-11-35-12-10-33;1-13-9-10-16(12-17(13)22-28-19(2,3)20(4,5)29-22)26-18(27)14-7-6-8-15(11-14)21(23,24)25;2*12-11-13-9-3-1-2-8(9)10(14-11)15-4-6-16-7-5-15;8-6-4-2-1-3-5(4)10-7(9)11-6;1-3-6-4-2-5-1/h2-8,13-14,29H,9-12H2,1H3,(H,30,34);6-12H,1-5H3,(H,26,27);2*1,3H,2,4-7H2;1,3H,2H2;5H,1-4H2. The van der Waals surface area contributed by atoms with Gasteiger partial charge in [0.1, 0.15) is 22.3 Å². The summed E-state index contributed by atoms with van der Waals surface area (Å²) in [5, 5.41) is 9.82. The Morgan fingerprint density at radius 3 is 1.39 bits per heavy atom. The third kappa shape index (κ3) is 21.2. The molecule has 0 bridgehead atoms. The molecule has 0 saturated carbocycles. The fourth-order valence-electron chi connectivity index (χ4n) is 12.8. The predicted molar refractivity (Wildman–Crippen MR) is 427 cm³/mol. The number of carbonyl (C=O) groups excluding carboxylic acids is 2. The van der Waals surface area contributed by atoms with Gasteiger partial charge in [-0.2, -0.15) is 26.3 Å². The molecule has 10 heterocycles. The summed E-state index contributed by atoms with van der Waals surface area (Å²) < 4.78 is 111. The van der Waals surface area contributed by atoms with Gasteiger partial charge >= 0.3 is 19.5 Å². The molecule has 594 valence electrons. The largest absolute Gasteiger partial charge is 0.495 e. The Labute approximate surface area is 669 Å². The van der Waals surface area contributed by atoms with Crippen molar-refractivity contribution in [3.05, 3.63) is 204 Å². The van der Waals surface area contributed by atoms with E-state index in [-0.39, 0.29) is 16.4 Å². The molecule has 4 aromatic carbocycles. The number of aryl methyl sites for hydroxylation is 2. The SMILES string of the molecule is C1COCCN1.Cc1ccc(NC(=O)c2cccc(C(F)(F)F)c2)cc1-c1nc(N2CCOCC2)c2[nH]ccc2n1.Cc1ccc(NC(=O)c2cccc(C(F)(F)F)c2)cc1B1OC(C)(C)C(C)(C)O1.Clc1nc(Cl)c2c(n1)C=CC2.Clc1nc2c(c(N3CCOCC3)n1)CC=C2.Clc1nc2c(c(N3CCOCC3)n1)CC=C2. The number of hydrogen-bond acceptors (Lipinski definition) is 20. The van der Waals surface area contributed by atoms with Gasteiger partial charge in [-0.15, -0.1) is 0 Å². The van der Waals surface area contributed by atoms with E-state index in [0.29, 0.717) is 64.8 Å². The molecule has 8 aliphatic rings. The molecule has 34 heteroatoms. The van der Waals surface area contributed by atoms with Gasteiger partial charge in [0.05, 0.1) is 97.8 Å². The van der Waals surface area contributed by atoms with Crippen LogP contribution in [0.5, 0.6) is 0 Å². The highest BCUT2D eigenvalue weighted by Gasteiger charge is 2.52. The van der Waals surface area contributed by atoms with Crippen molar-refractivity contribution >= 4 is 129 Å². The molecule has 23 nitrogen and oxygen atoms in total. The normalized spacial score (nSPS) is 17.0. The van der Waals surface area contributed by atoms with Crippen molar-refractivity contribution in [3.63, 3.8) is 0 Å². The van der Waals surface area contributed by atoms with Crippen LogP contribution in [-0.4, -0.2) is 180 Å². The lowest BCUT2D eigenvalue weighted by Crippen LogP contribution is -2.41.